The number of methoxy groups -OCH3 is 1. The smallest absolute Gasteiger partial charge is 0.258 e. The molecule has 35 heavy (non-hydrogen) atoms. The Bertz CT molecular complexity index is 1270. The molecule has 0 radical (unpaired) electrons. The summed E-state index contributed by atoms with van der Waals surface area (Å²) in [7, 11) is 1.61. The summed E-state index contributed by atoms with van der Waals surface area (Å²) in [4.78, 5) is 34.6. The Hall–Kier alpha value is -3.43. The second kappa shape index (κ2) is 10.1. The molecular formula is C26H30N4O5. The minimum atomic E-state index is -0.552. The van der Waals surface area contributed by atoms with Crippen LogP contribution in [0.1, 0.15) is 37.9 Å². The Kier molecular flexibility index (Phi) is 6.70. The largest absolute Gasteiger partial charge is 0.448 e. The topological polar surface area (TPSA) is 106 Å². The van der Waals surface area contributed by atoms with Crippen molar-refractivity contribution in [1.82, 2.24) is 14.9 Å². The van der Waals surface area contributed by atoms with E-state index in [0.717, 1.165) is 31.4 Å². The zero-order chi connectivity index (χ0) is 24.3. The maximum atomic E-state index is 12.9. The first-order chi connectivity index (χ1) is 17.0. The number of carbonyl (C=O) groups excluding carboxylic acids is 1. The first kappa shape index (κ1) is 23.3. The van der Waals surface area contributed by atoms with E-state index in [1.165, 1.54) is 6.42 Å². The van der Waals surface area contributed by atoms with Gasteiger partial charge in [-0.1, -0.05) is 18.6 Å². The molecule has 1 spiro atoms. The molecule has 1 fully saturated rings. The van der Waals surface area contributed by atoms with Gasteiger partial charge in [0.15, 0.2) is 11.5 Å². The van der Waals surface area contributed by atoms with Gasteiger partial charge >= 0.3 is 0 Å². The summed E-state index contributed by atoms with van der Waals surface area (Å²) in [6, 6.07) is 12.7. The fraction of sp³-hybridized carbons (Fsp3) is 0.423. The van der Waals surface area contributed by atoms with Crippen LogP contribution in [0.5, 0.6) is 11.5 Å². The van der Waals surface area contributed by atoms with Crippen LogP contribution in [0.25, 0.3) is 10.9 Å². The average Bonchev–Trinajstić information content (AvgIpc) is 3.19. The molecule has 2 aliphatic rings. The SMILES string of the molecule is COCCN(CC(=O)Nc1ccc2c(c1)OC1(CCCCC1)O2)Cc1nc2ccccc2c(=O)[nH]1. The third-order valence-corrected chi connectivity index (χ3v) is 6.45. The van der Waals surface area contributed by atoms with E-state index in [-0.39, 0.29) is 18.0 Å². The van der Waals surface area contributed by atoms with Crippen molar-refractivity contribution >= 4 is 22.5 Å². The molecule has 1 saturated carbocycles. The van der Waals surface area contributed by atoms with Crippen LogP contribution < -0.4 is 20.3 Å². The van der Waals surface area contributed by atoms with Gasteiger partial charge in [0.1, 0.15) is 5.82 Å². The lowest BCUT2D eigenvalue weighted by Crippen LogP contribution is -2.40. The zero-order valence-electron chi connectivity index (χ0n) is 19.8. The quantitative estimate of drug-likeness (QED) is 0.511. The Morgan fingerprint density at radius 1 is 1.14 bits per heavy atom. The summed E-state index contributed by atoms with van der Waals surface area (Å²) in [5.74, 6) is 1.15. The third-order valence-electron chi connectivity index (χ3n) is 6.45. The molecule has 2 N–H and O–H groups in total. The number of amides is 1. The number of nitrogens with one attached hydrogen (secondary N) is 2. The van der Waals surface area contributed by atoms with Gasteiger partial charge in [-0.05, 0) is 37.1 Å². The average molecular weight is 479 g/mol. The van der Waals surface area contributed by atoms with E-state index >= 15 is 0 Å². The molecular weight excluding hydrogens is 448 g/mol. The third kappa shape index (κ3) is 5.31. The molecule has 9 nitrogen and oxygen atoms in total. The highest BCUT2D eigenvalue weighted by Crippen LogP contribution is 2.46. The summed E-state index contributed by atoms with van der Waals surface area (Å²) < 4.78 is 17.5. The highest BCUT2D eigenvalue weighted by molar-refractivity contribution is 5.92. The van der Waals surface area contributed by atoms with Gasteiger partial charge in [-0.2, -0.15) is 0 Å². The Balaban J connectivity index is 1.25. The van der Waals surface area contributed by atoms with E-state index in [4.69, 9.17) is 14.2 Å². The van der Waals surface area contributed by atoms with Gasteiger partial charge in [0, 0.05) is 38.2 Å². The van der Waals surface area contributed by atoms with Crippen molar-refractivity contribution in [3.63, 3.8) is 0 Å². The lowest BCUT2D eigenvalue weighted by molar-refractivity contribution is -0.117. The maximum absolute atomic E-state index is 12.9. The number of ether oxygens (including phenoxy) is 3. The number of carbonyl (C=O) groups is 1. The van der Waals surface area contributed by atoms with E-state index < -0.39 is 5.79 Å². The molecule has 2 heterocycles. The van der Waals surface area contributed by atoms with Crippen LogP contribution in [0.2, 0.25) is 0 Å². The van der Waals surface area contributed by atoms with Crippen molar-refractivity contribution in [3.8, 4) is 11.5 Å². The van der Waals surface area contributed by atoms with Gasteiger partial charge in [0.05, 0.1) is 30.6 Å². The lowest BCUT2D eigenvalue weighted by Gasteiger charge is -2.31. The van der Waals surface area contributed by atoms with Crippen LogP contribution >= 0.6 is 0 Å². The molecule has 3 aromatic rings. The van der Waals surface area contributed by atoms with Crippen LogP contribution in [-0.2, 0) is 16.1 Å². The van der Waals surface area contributed by atoms with E-state index in [9.17, 15) is 9.59 Å². The number of nitrogens with zero attached hydrogens (tertiary/aromatic N) is 2. The number of benzene rings is 2. The minimum absolute atomic E-state index is 0.109. The highest BCUT2D eigenvalue weighted by atomic mass is 16.7. The Morgan fingerprint density at radius 3 is 2.77 bits per heavy atom. The number of para-hydroxylation sites is 1. The van der Waals surface area contributed by atoms with Crippen molar-refractivity contribution in [2.75, 3.05) is 32.1 Å². The van der Waals surface area contributed by atoms with Crippen molar-refractivity contribution in [1.29, 1.82) is 0 Å². The summed E-state index contributed by atoms with van der Waals surface area (Å²) >= 11 is 0. The number of rotatable bonds is 8. The first-order valence-electron chi connectivity index (χ1n) is 12.0. The van der Waals surface area contributed by atoms with Gasteiger partial charge in [-0.25, -0.2) is 4.98 Å². The molecule has 9 heteroatoms. The first-order valence-corrected chi connectivity index (χ1v) is 12.0. The van der Waals surface area contributed by atoms with Crippen LogP contribution in [0.15, 0.2) is 47.3 Å². The fourth-order valence-electron chi connectivity index (χ4n) is 4.73. The maximum Gasteiger partial charge on any atom is 0.258 e. The van der Waals surface area contributed by atoms with Crippen molar-refractivity contribution in [2.24, 2.45) is 0 Å². The second-order valence-electron chi connectivity index (χ2n) is 9.12. The molecule has 1 aromatic heterocycles. The highest BCUT2D eigenvalue weighted by Gasteiger charge is 2.42. The Morgan fingerprint density at radius 2 is 1.94 bits per heavy atom. The molecule has 2 aromatic carbocycles. The van der Waals surface area contributed by atoms with Crippen molar-refractivity contribution < 1.29 is 19.0 Å². The second-order valence-corrected chi connectivity index (χ2v) is 9.12. The summed E-state index contributed by atoms with van der Waals surface area (Å²) in [5, 5.41) is 3.48. The van der Waals surface area contributed by atoms with E-state index in [1.807, 2.05) is 29.2 Å². The molecule has 0 atom stereocenters. The molecule has 184 valence electrons. The predicted octanol–water partition coefficient (Wildman–Crippen LogP) is 3.44. The molecule has 0 unspecified atom stereocenters. The number of H-pyrrole nitrogens is 1. The van der Waals surface area contributed by atoms with Gasteiger partial charge in [0.25, 0.3) is 11.3 Å². The molecule has 1 aliphatic heterocycles. The van der Waals surface area contributed by atoms with Crippen molar-refractivity contribution in [2.45, 2.75) is 44.4 Å². The van der Waals surface area contributed by atoms with E-state index in [0.29, 0.717) is 47.9 Å². The monoisotopic (exact) mass is 478 g/mol. The fourth-order valence-corrected chi connectivity index (χ4v) is 4.73. The molecule has 1 amide bonds. The van der Waals surface area contributed by atoms with Gasteiger partial charge in [0.2, 0.25) is 5.91 Å². The number of aromatic amines is 1. The lowest BCUT2D eigenvalue weighted by atomic mass is 9.94. The summed E-state index contributed by atoms with van der Waals surface area (Å²) in [5.41, 5.74) is 1.07. The number of hydrogen-bond donors (Lipinski definition) is 2. The minimum Gasteiger partial charge on any atom is -0.448 e. The predicted molar refractivity (Wildman–Crippen MR) is 132 cm³/mol. The normalized spacial score (nSPS) is 16.2. The van der Waals surface area contributed by atoms with Gasteiger partial charge in [-0.3, -0.25) is 14.5 Å². The molecule has 5 rings (SSSR count). The standard InChI is InChI=1S/C26H30N4O5/c1-33-14-13-30(16-23-28-20-8-4-3-7-19(20)25(32)29-23)17-24(31)27-18-9-10-21-22(15-18)35-26(34-21)11-5-2-6-12-26/h3-4,7-10,15H,2,5-6,11-14,16-17H2,1H3,(H,27,31)(H,28,29,32). The number of hydrogen-bond acceptors (Lipinski definition) is 7. The van der Waals surface area contributed by atoms with Crippen LogP contribution in [-0.4, -0.2) is 53.4 Å². The van der Waals surface area contributed by atoms with E-state index in [1.54, 1.807) is 25.3 Å². The Labute approximate surface area is 203 Å². The van der Waals surface area contributed by atoms with Gasteiger partial charge in [-0.15, -0.1) is 0 Å². The van der Waals surface area contributed by atoms with Crippen molar-refractivity contribution in [3.05, 3.63) is 58.6 Å². The van der Waals surface area contributed by atoms with Gasteiger partial charge < -0.3 is 24.5 Å². The summed E-state index contributed by atoms with van der Waals surface area (Å²) in [6.45, 7) is 1.36. The number of fused-ring (bicyclic) bond motifs is 2. The van der Waals surface area contributed by atoms with E-state index in [2.05, 4.69) is 15.3 Å². The molecule has 0 bridgehead atoms. The molecule has 0 saturated heterocycles. The number of anilines is 1. The van der Waals surface area contributed by atoms with Crippen LogP contribution in [0.3, 0.4) is 0 Å². The molecule has 1 aliphatic carbocycles. The van der Waals surface area contributed by atoms with Crippen LogP contribution in [0, 0.1) is 0 Å². The zero-order valence-corrected chi connectivity index (χ0v) is 19.8. The van der Waals surface area contributed by atoms with Crippen LogP contribution in [0.4, 0.5) is 5.69 Å². The summed E-state index contributed by atoms with van der Waals surface area (Å²) in [6.07, 6.45) is 5.14. The number of aromatic nitrogens is 2.